The highest BCUT2D eigenvalue weighted by Gasteiger charge is 2.17. The van der Waals surface area contributed by atoms with Gasteiger partial charge in [-0.2, -0.15) is 0 Å². The fourth-order valence-electron chi connectivity index (χ4n) is 1.92. The van der Waals surface area contributed by atoms with Gasteiger partial charge in [0, 0.05) is 17.7 Å². The van der Waals surface area contributed by atoms with Crippen molar-refractivity contribution < 1.29 is 27.4 Å². The average Bonchev–Trinajstić information content (AvgIpc) is 3.16. The lowest BCUT2D eigenvalue weighted by Crippen LogP contribution is -2.12. The largest absolute Gasteiger partial charge is 0.476 e. The van der Waals surface area contributed by atoms with Crippen LogP contribution in [0.4, 0.5) is 5.82 Å². The molecule has 0 aliphatic heterocycles. The number of rotatable bonds is 5. The van der Waals surface area contributed by atoms with Crippen molar-refractivity contribution in [3.63, 3.8) is 0 Å². The Morgan fingerprint density at radius 2 is 1.83 bits per heavy atom. The summed E-state index contributed by atoms with van der Waals surface area (Å²) in [4.78, 5) is 10.8. The molecular weight excluding hydrogens is 338 g/mol. The second-order valence-electron chi connectivity index (χ2n) is 4.83. The van der Waals surface area contributed by atoms with E-state index in [9.17, 15) is 13.2 Å². The van der Waals surface area contributed by atoms with Gasteiger partial charge in [0.15, 0.2) is 17.3 Å². The number of benzene rings is 1. The van der Waals surface area contributed by atoms with Gasteiger partial charge in [-0.15, -0.1) is 0 Å². The van der Waals surface area contributed by atoms with Gasteiger partial charge in [0.05, 0.1) is 4.90 Å². The number of carboxylic acid groups (broad SMARTS) is 1. The first-order chi connectivity index (χ1) is 11.3. The summed E-state index contributed by atoms with van der Waals surface area (Å²) < 4.78 is 36.5. The number of hydrogen-bond acceptors (Lipinski definition) is 7. The Labute approximate surface area is 135 Å². The summed E-state index contributed by atoms with van der Waals surface area (Å²) in [7, 11) is -3.82. The van der Waals surface area contributed by atoms with Crippen molar-refractivity contribution >= 4 is 21.8 Å². The van der Waals surface area contributed by atoms with E-state index in [1.165, 1.54) is 36.4 Å². The molecule has 10 heteroatoms. The molecule has 0 saturated carbocycles. The molecule has 0 amide bonds. The van der Waals surface area contributed by atoms with Gasteiger partial charge in [-0.1, -0.05) is 10.3 Å². The standard InChI is InChI=1S/C14H11N3O6S/c1-8-6-13(16-22-8)17-24(20,21)10-4-2-9(3-5-10)12-7-11(14(18)19)15-23-12/h2-7H,1H3,(H,16,17)(H,18,19). The summed E-state index contributed by atoms with van der Waals surface area (Å²) in [5.41, 5.74) is 0.260. The number of sulfonamides is 1. The number of nitrogens with one attached hydrogen (secondary N) is 1. The number of aromatic carboxylic acids is 1. The number of nitrogens with zero attached hydrogens (tertiary/aromatic N) is 2. The van der Waals surface area contributed by atoms with E-state index < -0.39 is 16.0 Å². The molecule has 0 aliphatic carbocycles. The Bertz CT molecular complexity index is 988. The van der Waals surface area contributed by atoms with Gasteiger partial charge in [-0.05, 0) is 31.2 Å². The van der Waals surface area contributed by atoms with Crippen molar-refractivity contribution in [1.29, 1.82) is 0 Å². The molecule has 2 N–H and O–H groups in total. The van der Waals surface area contributed by atoms with E-state index in [0.717, 1.165) is 0 Å². The summed E-state index contributed by atoms with van der Waals surface area (Å²) in [6.45, 7) is 1.64. The third-order valence-electron chi connectivity index (χ3n) is 3.05. The molecule has 0 atom stereocenters. The molecule has 3 aromatic rings. The third-order valence-corrected chi connectivity index (χ3v) is 4.42. The zero-order valence-corrected chi connectivity index (χ0v) is 13.1. The second kappa shape index (κ2) is 5.81. The van der Waals surface area contributed by atoms with Crippen LogP contribution in [0.3, 0.4) is 0 Å². The maximum absolute atomic E-state index is 12.2. The number of anilines is 1. The SMILES string of the molecule is Cc1cc(NS(=O)(=O)c2ccc(-c3cc(C(=O)O)no3)cc2)no1. The van der Waals surface area contributed by atoms with Gasteiger partial charge in [-0.25, -0.2) is 13.2 Å². The minimum atomic E-state index is -3.82. The van der Waals surface area contributed by atoms with Crippen LogP contribution < -0.4 is 4.72 Å². The highest BCUT2D eigenvalue weighted by atomic mass is 32.2. The van der Waals surface area contributed by atoms with Gasteiger partial charge in [0.1, 0.15) is 5.76 Å². The van der Waals surface area contributed by atoms with Gasteiger partial charge in [0.2, 0.25) is 0 Å². The number of carbonyl (C=O) groups is 1. The summed E-state index contributed by atoms with van der Waals surface area (Å²) in [5, 5.41) is 15.8. The molecule has 0 bridgehead atoms. The average molecular weight is 349 g/mol. The zero-order chi connectivity index (χ0) is 17.3. The molecule has 0 fully saturated rings. The molecule has 3 rings (SSSR count). The van der Waals surface area contributed by atoms with Crippen LogP contribution in [0.5, 0.6) is 0 Å². The van der Waals surface area contributed by atoms with Crippen LogP contribution in [0, 0.1) is 6.92 Å². The maximum Gasteiger partial charge on any atom is 0.358 e. The van der Waals surface area contributed by atoms with Crippen molar-refractivity contribution in [3.05, 3.63) is 47.9 Å². The first kappa shape index (κ1) is 15.7. The minimum Gasteiger partial charge on any atom is -0.476 e. The molecule has 0 spiro atoms. The van der Waals surface area contributed by atoms with Crippen molar-refractivity contribution in [2.45, 2.75) is 11.8 Å². The van der Waals surface area contributed by atoms with Crippen molar-refractivity contribution in [3.8, 4) is 11.3 Å². The molecule has 24 heavy (non-hydrogen) atoms. The number of hydrogen-bond donors (Lipinski definition) is 2. The molecule has 0 radical (unpaired) electrons. The van der Waals surface area contributed by atoms with Crippen LogP contribution in [0.15, 0.2) is 50.3 Å². The topological polar surface area (TPSA) is 136 Å². The molecule has 124 valence electrons. The molecule has 1 aromatic carbocycles. The Morgan fingerprint density at radius 1 is 1.12 bits per heavy atom. The van der Waals surface area contributed by atoms with E-state index in [-0.39, 0.29) is 22.2 Å². The summed E-state index contributed by atoms with van der Waals surface area (Å²) in [6, 6.07) is 8.38. The molecule has 0 unspecified atom stereocenters. The van der Waals surface area contributed by atoms with Gasteiger partial charge in [-0.3, -0.25) is 4.72 Å². The predicted molar refractivity (Wildman–Crippen MR) is 80.9 cm³/mol. The lowest BCUT2D eigenvalue weighted by Gasteiger charge is -2.05. The number of aromatic nitrogens is 2. The van der Waals surface area contributed by atoms with E-state index in [2.05, 4.69) is 15.0 Å². The Morgan fingerprint density at radius 3 is 2.38 bits per heavy atom. The number of carboxylic acids is 1. The van der Waals surface area contributed by atoms with Crippen LogP contribution in [-0.4, -0.2) is 29.8 Å². The second-order valence-corrected chi connectivity index (χ2v) is 6.52. The van der Waals surface area contributed by atoms with Gasteiger partial charge >= 0.3 is 5.97 Å². The Balaban J connectivity index is 1.84. The lowest BCUT2D eigenvalue weighted by atomic mass is 10.1. The molecule has 9 nitrogen and oxygen atoms in total. The fourth-order valence-corrected chi connectivity index (χ4v) is 2.91. The van der Waals surface area contributed by atoms with Crippen molar-refractivity contribution in [1.82, 2.24) is 10.3 Å². The van der Waals surface area contributed by atoms with E-state index >= 15 is 0 Å². The van der Waals surface area contributed by atoms with E-state index in [1.54, 1.807) is 6.92 Å². The fraction of sp³-hybridized carbons (Fsp3) is 0.0714. The van der Waals surface area contributed by atoms with Crippen LogP contribution in [0.2, 0.25) is 0 Å². The summed E-state index contributed by atoms with van der Waals surface area (Å²) >= 11 is 0. The predicted octanol–water partition coefficient (Wildman–Crippen LogP) is 2.14. The van der Waals surface area contributed by atoms with Crippen LogP contribution >= 0.6 is 0 Å². The normalized spacial score (nSPS) is 11.4. The first-order valence-corrected chi connectivity index (χ1v) is 8.10. The molecule has 2 heterocycles. The van der Waals surface area contributed by atoms with E-state index in [4.69, 9.17) is 14.2 Å². The van der Waals surface area contributed by atoms with Crippen LogP contribution in [0.25, 0.3) is 11.3 Å². The molecule has 0 aliphatic rings. The van der Waals surface area contributed by atoms with Crippen LogP contribution in [0.1, 0.15) is 16.2 Å². The Hall–Kier alpha value is -3.14. The molecule has 0 saturated heterocycles. The molecular formula is C14H11N3O6S. The van der Waals surface area contributed by atoms with Gasteiger partial charge in [0.25, 0.3) is 10.0 Å². The smallest absolute Gasteiger partial charge is 0.358 e. The highest BCUT2D eigenvalue weighted by Crippen LogP contribution is 2.23. The van der Waals surface area contributed by atoms with Gasteiger partial charge < -0.3 is 14.2 Å². The van der Waals surface area contributed by atoms with E-state index in [0.29, 0.717) is 11.3 Å². The Kier molecular flexibility index (Phi) is 3.81. The third kappa shape index (κ3) is 3.13. The first-order valence-electron chi connectivity index (χ1n) is 6.62. The van der Waals surface area contributed by atoms with Crippen molar-refractivity contribution in [2.24, 2.45) is 0 Å². The molecule has 2 aromatic heterocycles. The van der Waals surface area contributed by atoms with Crippen LogP contribution in [-0.2, 0) is 10.0 Å². The maximum atomic E-state index is 12.2. The number of aryl methyl sites for hydroxylation is 1. The zero-order valence-electron chi connectivity index (χ0n) is 12.3. The lowest BCUT2D eigenvalue weighted by molar-refractivity contribution is 0.0686. The summed E-state index contributed by atoms with van der Waals surface area (Å²) in [5.74, 6) is -0.437. The quantitative estimate of drug-likeness (QED) is 0.715. The highest BCUT2D eigenvalue weighted by molar-refractivity contribution is 7.92. The summed E-state index contributed by atoms with van der Waals surface area (Å²) in [6.07, 6.45) is 0. The van der Waals surface area contributed by atoms with Crippen molar-refractivity contribution in [2.75, 3.05) is 4.72 Å². The minimum absolute atomic E-state index is 0.00452. The monoisotopic (exact) mass is 349 g/mol. The van der Waals surface area contributed by atoms with E-state index in [1.807, 2.05) is 0 Å².